The number of benzene rings is 2. The van der Waals surface area contributed by atoms with Crippen LogP contribution < -0.4 is 15.4 Å². The molecule has 2 aromatic carbocycles. The molecule has 0 saturated carbocycles. The number of ether oxygens (including phenoxy) is 1. The maximum absolute atomic E-state index is 12.9. The zero-order valence-corrected chi connectivity index (χ0v) is 15.8. The second-order valence-electron chi connectivity index (χ2n) is 7.52. The highest BCUT2D eigenvalue weighted by atomic mass is 16.5. The number of fused-ring (bicyclic) bond motifs is 1. The van der Waals surface area contributed by atoms with E-state index in [1.54, 1.807) is 6.07 Å². The van der Waals surface area contributed by atoms with Crippen LogP contribution in [0.4, 0.5) is 5.69 Å². The highest BCUT2D eigenvalue weighted by Crippen LogP contribution is 2.31. The molecule has 0 aliphatic carbocycles. The number of hydrogen-bond donors (Lipinski definition) is 1. The monoisotopic (exact) mass is 379 g/mol. The minimum absolute atomic E-state index is 0.118. The molecule has 2 amide bonds. The fraction of sp³-hybridized carbons (Fsp3) is 0.364. The number of nitrogens with two attached hydrogens (primary N) is 1. The second kappa shape index (κ2) is 8.02. The molecule has 28 heavy (non-hydrogen) atoms. The Morgan fingerprint density at radius 3 is 2.82 bits per heavy atom. The number of carbonyl (C=O) groups is 2. The summed E-state index contributed by atoms with van der Waals surface area (Å²) in [5.41, 5.74) is 7.90. The van der Waals surface area contributed by atoms with E-state index in [1.165, 1.54) is 0 Å². The van der Waals surface area contributed by atoms with Gasteiger partial charge in [-0.1, -0.05) is 24.3 Å². The number of hydrogen-bond acceptors (Lipinski definition) is 4. The van der Waals surface area contributed by atoms with Crippen LogP contribution in [0.2, 0.25) is 0 Å². The van der Waals surface area contributed by atoms with Gasteiger partial charge in [0.1, 0.15) is 12.4 Å². The van der Waals surface area contributed by atoms with Gasteiger partial charge in [0.15, 0.2) is 0 Å². The molecule has 1 unspecified atom stereocenters. The molecule has 0 spiro atoms. The van der Waals surface area contributed by atoms with Gasteiger partial charge in [0.2, 0.25) is 11.8 Å². The molecule has 146 valence electrons. The van der Waals surface area contributed by atoms with Crippen molar-refractivity contribution in [2.24, 2.45) is 11.7 Å². The Labute approximate surface area is 164 Å². The summed E-state index contributed by atoms with van der Waals surface area (Å²) in [4.78, 5) is 28.3. The van der Waals surface area contributed by atoms with Crippen molar-refractivity contribution in [2.45, 2.75) is 12.8 Å². The van der Waals surface area contributed by atoms with Gasteiger partial charge in [-0.3, -0.25) is 14.5 Å². The Balaban J connectivity index is 1.35. The van der Waals surface area contributed by atoms with Crippen LogP contribution in [-0.2, 0) is 11.2 Å². The van der Waals surface area contributed by atoms with Crippen LogP contribution >= 0.6 is 0 Å². The van der Waals surface area contributed by atoms with E-state index >= 15 is 0 Å². The fourth-order valence-electron chi connectivity index (χ4n) is 4.11. The summed E-state index contributed by atoms with van der Waals surface area (Å²) in [5, 5.41) is 0. The molecule has 2 aliphatic heterocycles. The third-order valence-electron chi connectivity index (χ3n) is 5.49. The van der Waals surface area contributed by atoms with Gasteiger partial charge in [-0.2, -0.15) is 0 Å². The minimum Gasteiger partial charge on any atom is -0.490 e. The summed E-state index contributed by atoms with van der Waals surface area (Å²) >= 11 is 0. The van der Waals surface area contributed by atoms with Crippen molar-refractivity contribution in [1.29, 1.82) is 0 Å². The van der Waals surface area contributed by atoms with Crippen molar-refractivity contribution in [3.8, 4) is 5.75 Å². The van der Waals surface area contributed by atoms with Gasteiger partial charge in [0.25, 0.3) is 0 Å². The molecule has 6 heteroatoms. The molecule has 0 radical (unpaired) electrons. The number of nitrogens with zero attached hydrogens (tertiary/aromatic N) is 2. The quantitative estimate of drug-likeness (QED) is 0.863. The summed E-state index contributed by atoms with van der Waals surface area (Å²) in [7, 11) is 0. The normalized spacial score (nSPS) is 19.1. The summed E-state index contributed by atoms with van der Waals surface area (Å²) in [6.45, 7) is 3.34. The van der Waals surface area contributed by atoms with Crippen molar-refractivity contribution in [3.05, 3.63) is 59.7 Å². The van der Waals surface area contributed by atoms with E-state index in [4.69, 9.17) is 10.5 Å². The van der Waals surface area contributed by atoms with Gasteiger partial charge in [-0.15, -0.1) is 0 Å². The number of para-hydroxylation sites is 2. The van der Waals surface area contributed by atoms with E-state index < -0.39 is 5.91 Å². The highest BCUT2D eigenvalue weighted by molar-refractivity contribution is 5.96. The van der Waals surface area contributed by atoms with Crippen LogP contribution in [0.25, 0.3) is 0 Å². The van der Waals surface area contributed by atoms with Crippen LogP contribution in [-0.4, -0.2) is 49.5 Å². The smallest absolute Gasteiger partial charge is 0.248 e. The molecule has 2 aromatic rings. The van der Waals surface area contributed by atoms with E-state index in [2.05, 4.69) is 4.90 Å². The third kappa shape index (κ3) is 4.02. The lowest BCUT2D eigenvalue weighted by molar-refractivity contribution is -0.119. The predicted molar refractivity (Wildman–Crippen MR) is 108 cm³/mol. The summed E-state index contributed by atoms with van der Waals surface area (Å²) in [6, 6.07) is 15.2. The van der Waals surface area contributed by atoms with Gasteiger partial charge in [0.05, 0.1) is 18.8 Å². The molecular formula is C22H25N3O3. The average Bonchev–Trinajstić information content (AvgIpc) is 3.14. The van der Waals surface area contributed by atoms with Gasteiger partial charge < -0.3 is 15.4 Å². The van der Waals surface area contributed by atoms with Gasteiger partial charge >= 0.3 is 0 Å². The topological polar surface area (TPSA) is 75.9 Å². The number of amides is 2. The van der Waals surface area contributed by atoms with E-state index in [-0.39, 0.29) is 5.91 Å². The van der Waals surface area contributed by atoms with E-state index in [0.29, 0.717) is 31.2 Å². The summed E-state index contributed by atoms with van der Waals surface area (Å²) < 4.78 is 5.64. The number of carbonyl (C=O) groups excluding carboxylic acids is 2. The predicted octanol–water partition coefficient (Wildman–Crippen LogP) is 2.08. The first kappa shape index (κ1) is 18.5. The van der Waals surface area contributed by atoms with E-state index in [1.807, 2.05) is 47.4 Å². The maximum Gasteiger partial charge on any atom is 0.248 e. The standard InChI is InChI=1S/C22H25N3O3/c23-22(27)18-5-3-4-16(13-18)12-17-8-9-24(14-17)15-21(26)25-10-11-28-20-7-2-1-6-19(20)25/h1-7,13,17H,8-12,14-15H2,(H2,23,27). The zero-order valence-electron chi connectivity index (χ0n) is 15.8. The lowest BCUT2D eigenvalue weighted by Gasteiger charge is -2.30. The van der Waals surface area contributed by atoms with Crippen molar-refractivity contribution in [3.63, 3.8) is 0 Å². The van der Waals surface area contributed by atoms with Crippen LogP contribution in [0.3, 0.4) is 0 Å². The van der Waals surface area contributed by atoms with E-state index in [9.17, 15) is 9.59 Å². The maximum atomic E-state index is 12.9. The lowest BCUT2D eigenvalue weighted by atomic mass is 9.97. The Morgan fingerprint density at radius 1 is 1.11 bits per heavy atom. The minimum atomic E-state index is -0.397. The van der Waals surface area contributed by atoms with Crippen LogP contribution in [0.5, 0.6) is 5.75 Å². The van der Waals surface area contributed by atoms with Crippen molar-refractivity contribution in [1.82, 2.24) is 4.90 Å². The Morgan fingerprint density at radius 2 is 1.96 bits per heavy atom. The average molecular weight is 379 g/mol. The molecule has 6 nitrogen and oxygen atoms in total. The van der Waals surface area contributed by atoms with E-state index in [0.717, 1.165) is 42.9 Å². The number of rotatable bonds is 5. The zero-order chi connectivity index (χ0) is 19.5. The first-order valence-corrected chi connectivity index (χ1v) is 9.73. The molecule has 2 N–H and O–H groups in total. The summed E-state index contributed by atoms with van der Waals surface area (Å²) in [6.07, 6.45) is 1.94. The van der Waals surface area contributed by atoms with Crippen molar-refractivity contribution >= 4 is 17.5 Å². The Hall–Kier alpha value is -2.86. The number of primary amides is 1. The van der Waals surface area contributed by atoms with Gasteiger partial charge in [-0.05, 0) is 55.1 Å². The van der Waals surface area contributed by atoms with Crippen LogP contribution in [0, 0.1) is 5.92 Å². The fourth-order valence-corrected chi connectivity index (χ4v) is 4.11. The molecule has 1 saturated heterocycles. The lowest BCUT2D eigenvalue weighted by Crippen LogP contribution is -2.43. The Kier molecular flexibility index (Phi) is 5.30. The second-order valence-corrected chi connectivity index (χ2v) is 7.52. The van der Waals surface area contributed by atoms with Crippen molar-refractivity contribution < 1.29 is 14.3 Å². The molecule has 0 aromatic heterocycles. The van der Waals surface area contributed by atoms with Gasteiger partial charge in [0, 0.05) is 12.1 Å². The first-order chi connectivity index (χ1) is 13.6. The SMILES string of the molecule is NC(=O)c1cccc(CC2CCN(CC(=O)N3CCOc4ccccc43)C2)c1. The molecule has 1 atom stereocenters. The summed E-state index contributed by atoms with van der Waals surface area (Å²) in [5.74, 6) is 0.974. The molecular weight excluding hydrogens is 354 g/mol. The van der Waals surface area contributed by atoms with Crippen molar-refractivity contribution in [2.75, 3.05) is 37.7 Å². The number of anilines is 1. The first-order valence-electron chi connectivity index (χ1n) is 9.73. The largest absolute Gasteiger partial charge is 0.490 e. The van der Waals surface area contributed by atoms with Crippen LogP contribution in [0.15, 0.2) is 48.5 Å². The number of likely N-dealkylation sites (tertiary alicyclic amines) is 1. The third-order valence-corrected chi connectivity index (χ3v) is 5.49. The highest BCUT2D eigenvalue weighted by Gasteiger charge is 2.28. The van der Waals surface area contributed by atoms with Crippen LogP contribution in [0.1, 0.15) is 22.3 Å². The molecule has 1 fully saturated rings. The molecule has 2 aliphatic rings. The Bertz CT molecular complexity index is 883. The molecule has 4 rings (SSSR count). The molecule has 0 bridgehead atoms. The molecule has 2 heterocycles. The van der Waals surface area contributed by atoms with Gasteiger partial charge in [-0.25, -0.2) is 0 Å².